The summed E-state index contributed by atoms with van der Waals surface area (Å²) in [4.78, 5) is 33.4. The van der Waals surface area contributed by atoms with Gasteiger partial charge in [-0.2, -0.15) is 0 Å². The normalized spacial score (nSPS) is 17.1. The van der Waals surface area contributed by atoms with Crippen molar-refractivity contribution in [1.82, 2.24) is 24.5 Å². The molecule has 0 saturated carbocycles. The molecule has 0 aromatic carbocycles. The third-order valence-electron chi connectivity index (χ3n) is 5.10. The lowest BCUT2D eigenvalue weighted by molar-refractivity contribution is -0.123. The molecule has 0 radical (unpaired) electrons. The number of carbonyl (C=O) groups excluding carboxylic acids is 1. The maximum Gasteiger partial charge on any atom is 0.258 e. The van der Waals surface area contributed by atoms with Crippen molar-refractivity contribution < 1.29 is 4.79 Å². The Kier molecular flexibility index (Phi) is 6.23. The van der Waals surface area contributed by atoms with E-state index in [1.807, 2.05) is 32.2 Å². The maximum absolute atomic E-state index is 12.3. The predicted octanol–water partition coefficient (Wildman–Crippen LogP) is 1.04. The van der Waals surface area contributed by atoms with Crippen molar-refractivity contribution in [3.05, 3.63) is 46.0 Å². The Balaban J connectivity index is 1.55. The van der Waals surface area contributed by atoms with Crippen molar-refractivity contribution >= 4 is 11.6 Å². The molecule has 7 heteroatoms. The van der Waals surface area contributed by atoms with Crippen LogP contribution in [0.2, 0.25) is 0 Å². The number of aromatic nitrogens is 2. The molecule has 1 N–H and O–H groups in total. The predicted molar refractivity (Wildman–Crippen MR) is 106 cm³/mol. The summed E-state index contributed by atoms with van der Waals surface area (Å²) in [6, 6.07) is 5.70. The molecule has 1 amide bonds. The van der Waals surface area contributed by atoms with E-state index >= 15 is 0 Å². The number of nitrogens with zero attached hydrogens (tertiary/aromatic N) is 4. The number of fused-ring (bicyclic) bond motifs is 1. The van der Waals surface area contributed by atoms with E-state index in [0.29, 0.717) is 18.7 Å². The number of hydrogen-bond acceptors (Lipinski definition) is 5. The first-order valence-corrected chi connectivity index (χ1v) is 9.67. The fraction of sp³-hybridized carbons (Fsp3) is 0.550. The molecule has 1 atom stereocenters. The molecule has 1 saturated heterocycles. The van der Waals surface area contributed by atoms with Gasteiger partial charge in [-0.25, -0.2) is 4.98 Å². The van der Waals surface area contributed by atoms with E-state index in [9.17, 15) is 9.59 Å². The van der Waals surface area contributed by atoms with Gasteiger partial charge in [0.05, 0.1) is 12.2 Å². The second-order valence-electron chi connectivity index (χ2n) is 7.45. The molecule has 3 heterocycles. The van der Waals surface area contributed by atoms with Gasteiger partial charge < -0.3 is 5.32 Å². The van der Waals surface area contributed by atoms with Crippen molar-refractivity contribution in [2.75, 3.05) is 32.7 Å². The fourth-order valence-electron chi connectivity index (χ4n) is 3.30. The third kappa shape index (κ3) is 5.14. The standard InChI is InChI=1S/C20H29N5O2/c1-4-16(3)21-19(26)14-24-9-7-23(8-10-24)13-17-11-20(27)25-12-15(2)5-6-18(25)22-17/h5-6,11-12,16H,4,7-10,13-14H2,1-3H3,(H,21,26)/t16-/m1/s1. The van der Waals surface area contributed by atoms with E-state index < -0.39 is 0 Å². The average molecular weight is 371 g/mol. The second kappa shape index (κ2) is 8.63. The topological polar surface area (TPSA) is 70.0 Å². The fourth-order valence-corrected chi connectivity index (χ4v) is 3.30. The summed E-state index contributed by atoms with van der Waals surface area (Å²) < 4.78 is 1.59. The number of hydrogen-bond donors (Lipinski definition) is 1. The number of amides is 1. The van der Waals surface area contributed by atoms with Gasteiger partial charge in [0.1, 0.15) is 5.65 Å². The Morgan fingerprint density at radius 3 is 2.63 bits per heavy atom. The molecule has 7 nitrogen and oxygen atoms in total. The SMILES string of the molecule is CC[C@@H](C)NC(=O)CN1CCN(Cc2cc(=O)n3cc(C)ccc3n2)CC1. The quantitative estimate of drug-likeness (QED) is 0.822. The molecule has 0 spiro atoms. The minimum Gasteiger partial charge on any atom is -0.353 e. The first kappa shape index (κ1) is 19.5. The third-order valence-corrected chi connectivity index (χ3v) is 5.10. The van der Waals surface area contributed by atoms with Crippen LogP contribution in [0.1, 0.15) is 31.5 Å². The summed E-state index contributed by atoms with van der Waals surface area (Å²) in [6.07, 6.45) is 2.76. The lowest BCUT2D eigenvalue weighted by Crippen LogP contribution is -2.50. The maximum atomic E-state index is 12.3. The number of nitrogens with one attached hydrogen (secondary N) is 1. The lowest BCUT2D eigenvalue weighted by atomic mass is 10.2. The minimum absolute atomic E-state index is 0.0425. The molecule has 3 rings (SSSR count). The molecule has 146 valence electrons. The highest BCUT2D eigenvalue weighted by Gasteiger charge is 2.20. The second-order valence-corrected chi connectivity index (χ2v) is 7.45. The average Bonchev–Trinajstić information content (AvgIpc) is 2.64. The Morgan fingerprint density at radius 2 is 1.93 bits per heavy atom. The Labute approximate surface area is 160 Å². The van der Waals surface area contributed by atoms with Gasteiger partial charge in [-0.1, -0.05) is 13.0 Å². The Morgan fingerprint density at radius 1 is 1.22 bits per heavy atom. The van der Waals surface area contributed by atoms with Gasteiger partial charge in [0.2, 0.25) is 5.91 Å². The van der Waals surface area contributed by atoms with Crippen LogP contribution in [0.15, 0.2) is 29.2 Å². The van der Waals surface area contributed by atoms with Gasteiger partial charge in [0, 0.05) is 51.0 Å². The van der Waals surface area contributed by atoms with Gasteiger partial charge >= 0.3 is 0 Å². The molecule has 1 aliphatic heterocycles. The zero-order valence-electron chi connectivity index (χ0n) is 16.4. The molecule has 2 aromatic rings. The van der Waals surface area contributed by atoms with Crippen LogP contribution >= 0.6 is 0 Å². The van der Waals surface area contributed by atoms with Crippen LogP contribution in [0.25, 0.3) is 5.65 Å². The first-order valence-electron chi connectivity index (χ1n) is 9.67. The smallest absolute Gasteiger partial charge is 0.258 e. The summed E-state index contributed by atoms with van der Waals surface area (Å²) in [7, 11) is 0. The van der Waals surface area contributed by atoms with Gasteiger partial charge in [-0.15, -0.1) is 0 Å². The highest BCUT2D eigenvalue weighted by Crippen LogP contribution is 2.08. The van der Waals surface area contributed by atoms with E-state index in [4.69, 9.17) is 0 Å². The van der Waals surface area contributed by atoms with E-state index in [-0.39, 0.29) is 17.5 Å². The van der Waals surface area contributed by atoms with Crippen molar-refractivity contribution in [2.45, 2.75) is 39.8 Å². The summed E-state index contributed by atoms with van der Waals surface area (Å²) in [5.41, 5.74) is 2.47. The molecular formula is C20H29N5O2. The number of aryl methyl sites for hydroxylation is 1. The van der Waals surface area contributed by atoms with Gasteiger partial charge in [0.25, 0.3) is 5.56 Å². The number of piperazine rings is 1. The highest BCUT2D eigenvalue weighted by molar-refractivity contribution is 5.78. The van der Waals surface area contributed by atoms with Crippen molar-refractivity contribution in [3.8, 4) is 0 Å². The summed E-state index contributed by atoms with van der Waals surface area (Å²) in [5.74, 6) is 0.0947. The van der Waals surface area contributed by atoms with Crippen LogP contribution in [0.5, 0.6) is 0 Å². The zero-order chi connectivity index (χ0) is 19.4. The van der Waals surface area contributed by atoms with Crippen molar-refractivity contribution in [3.63, 3.8) is 0 Å². The summed E-state index contributed by atoms with van der Waals surface area (Å²) in [6.45, 7) is 10.6. The largest absolute Gasteiger partial charge is 0.353 e. The van der Waals surface area contributed by atoms with Crippen LogP contribution in [0.3, 0.4) is 0 Å². The van der Waals surface area contributed by atoms with Crippen LogP contribution < -0.4 is 10.9 Å². The highest BCUT2D eigenvalue weighted by atomic mass is 16.2. The van der Waals surface area contributed by atoms with Gasteiger partial charge in [0.15, 0.2) is 0 Å². The summed E-state index contributed by atoms with van der Waals surface area (Å²) >= 11 is 0. The van der Waals surface area contributed by atoms with E-state index in [2.05, 4.69) is 27.0 Å². The van der Waals surface area contributed by atoms with Crippen LogP contribution in [-0.4, -0.2) is 63.9 Å². The molecular weight excluding hydrogens is 342 g/mol. The van der Waals surface area contributed by atoms with Gasteiger partial charge in [-0.3, -0.25) is 23.8 Å². The number of rotatable bonds is 6. The lowest BCUT2D eigenvalue weighted by Gasteiger charge is -2.34. The Hall–Kier alpha value is -2.25. The molecule has 0 bridgehead atoms. The van der Waals surface area contributed by atoms with Crippen molar-refractivity contribution in [2.24, 2.45) is 0 Å². The van der Waals surface area contributed by atoms with Crippen LogP contribution in [0, 0.1) is 6.92 Å². The van der Waals surface area contributed by atoms with Crippen LogP contribution in [-0.2, 0) is 11.3 Å². The molecule has 0 unspecified atom stereocenters. The van der Waals surface area contributed by atoms with E-state index in [1.54, 1.807) is 10.5 Å². The summed E-state index contributed by atoms with van der Waals surface area (Å²) in [5, 5.41) is 3.01. The molecule has 1 fully saturated rings. The molecule has 1 aliphatic rings. The van der Waals surface area contributed by atoms with Gasteiger partial charge in [-0.05, 0) is 31.9 Å². The Bertz CT molecular complexity index is 855. The molecule has 0 aliphatic carbocycles. The number of carbonyl (C=O) groups is 1. The van der Waals surface area contributed by atoms with Crippen molar-refractivity contribution in [1.29, 1.82) is 0 Å². The first-order chi connectivity index (χ1) is 12.9. The molecule has 27 heavy (non-hydrogen) atoms. The zero-order valence-corrected chi connectivity index (χ0v) is 16.4. The monoisotopic (exact) mass is 371 g/mol. The number of pyridine rings is 1. The van der Waals surface area contributed by atoms with E-state index in [0.717, 1.165) is 43.9 Å². The van der Waals surface area contributed by atoms with E-state index in [1.165, 1.54) is 0 Å². The minimum atomic E-state index is -0.0425. The van der Waals surface area contributed by atoms with Crippen LogP contribution in [0.4, 0.5) is 0 Å². The molecule has 2 aromatic heterocycles.